The first kappa shape index (κ1) is 12.4. The van der Waals surface area contributed by atoms with E-state index >= 15 is 0 Å². The van der Waals surface area contributed by atoms with Crippen LogP contribution >= 0.6 is 9.12 Å². The maximum Gasteiger partial charge on any atom is 0.180 e. The van der Waals surface area contributed by atoms with Crippen molar-refractivity contribution in [2.45, 2.75) is 45.2 Å². The maximum atomic E-state index is 5.81. The van der Waals surface area contributed by atoms with E-state index in [1.165, 1.54) is 0 Å². The van der Waals surface area contributed by atoms with Crippen molar-refractivity contribution in [2.24, 2.45) is 5.73 Å². The Balaban J connectivity index is 3.57. The molecular weight excluding hydrogens is 168 g/mol. The number of hydrogen-bond acceptors (Lipinski definition) is 2. The molecule has 0 aromatic rings. The molecular formula is C8H20BNOP. The standard InChI is InChI=1S/C8H20BNOP/c1-7(2,10)5-6-11-8(3,4)9-12/h5-6,10,12H2,1-4H3. The van der Waals surface area contributed by atoms with Gasteiger partial charge in [-0.2, -0.15) is 9.12 Å². The summed E-state index contributed by atoms with van der Waals surface area (Å²) >= 11 is 0. The number of rotatable bonds is 5. The van der Waals surface area contributed by atoms with Crippen LogP contribution < -0.4 is 5.73 Å². The first-order chi connectivity index (χ1) is 5.27. The van der Waals surface area contributed by atoms with E-state index in [0.717, 1.165) is 6.42 Å². The van der Waals surface area contributed by atoms with E-state index in [-0.39, 0.29) is 11.0 Å². The number of ether oxygens (including phenoxy) is 1. The van der Waals surface area contributed by atoms with E-state index in [1.807, 2.05) is 34.7 Å². The van der Waals surface area contributed by atoms with Crippen molar-refractivity contribution in [3.05, 3.63) is 0 Å². The SMILES string of the molecule is CC(C)(N)CCOC(C)(C)[B]P. The molecule has 0 saturated carbocycles. The molecule has 1 radical (unpaired) electrons. The molecule has 0 aliphatic carbocycles. The highest BCUT2D eigenvalue weighted by molar-refractivity contribution is 7.56. The molecule has 1 atom stereocenters. The molecule has 0 heterocycles. The van der Waals surface area contributed by atoms with Crippen molar-refractivity contribution < 1.29 is 4.74 Å². The third-order valence-electron chi connectivity index (χ3n) is 1.62. The Morgan fingerprint density at radius 3 is 2.17 bits per heavy atom. The van der Waals surface area contributed by atoms with Gasteiger partial charge >= 0.3 is 0 Å². The highest BCUT2D eigenvalue weighted by Crippen LogP contribution is 2.12. The molecule has 0 aliphatic rings. The highest BCUT2D eigenvalue weighted by Gasteiger charge is 2.18. The van der Waals surface area contributed by atoms with E-state index in [1.54, 1.807) is 0 Å². The van der Waals surface area contributed by atoms with Gasteiger partial charge in [-0.3, -0.25) is 0 Å². The molecule has 4 heteroatoms. The van der Waals surface area contributed by atoms with Crippen LogP contribution in [-0.4, -0.2) is 24.6 Å². The van der Waals surface area contributed by atoms with Gasteiger partial charge in [0.15, 0.2) is 7.00 Å². The van der Waals surface area contributed by atoms with E-state index < -0.39 is 0 Å². The van der Waals surface area contributed by atoms with Gasteiger partial charge in [0, 0.05) is 17.6 Å². The lowest BCUT2D eigenvalue weighted by atomic mass is 9.83. The zero-order chi connectivity index (χ0) is 9.83. The lowest BCUT2D eigenvalue weighted by molar-refractivity contribution is 0.0359. The summed E-state index contributed by atoms with van der Waals surface area (Å²) in [5.41, 5.74) is 5.53. The van der Waals surface area contributed by atoms with Crippen molar-refractivity contribution in [1.29, 1.82) is 0 Å². The molecule has 0 aromatic carbocycles. The molecule has 0 spiro atoms. The Hall–Kier alpha value is 0.415. The molecule has 0 aromatic heterocycles. The van der Waals surface area contributed by atoms with Gasteiger partial charge in [-0.15, -0.1) is 0 Å². The normalized spacial score (nSPS) is 13.2. The van der Waals surface area contributed by atoms with Gasteiger partial charge in [-0.1, -0.05) is 0 Å². The average molecular weight is 188 g/mol. The van der Waals surface area contributed by atoms with E-state index in [0.29, 0.717) is 6.61 Å². The van der Waals surface area contributed by atoms with E-state index in [4.69, 9.17) is 10.5 Å². The van der Waals surface area contributed by atoms with E-state index in [9.17, 15) is 0 Å². The molecule has 2 nitrogen and oxygen atoms in total. The topological polar surface area (TPSA) is 35.2 Å². The summed E-state index contributed by atoms with van der Waals surface area (Å²) in [5.74, 6) is 0. The molecule has 0 fully saturated rings. The van der Waals surface area contributed by atoms with Crippen LogP contribution in [0.3, 0.4) is 0 Å². The Morgan fingerprint density at radius 2 is 1.83 bits per heavy atom. The summed E-state index contributed by atoms with van der Waals surface area (Å²) in [6.45, 7) is 10.8. The summed E-state index contributed by atoms with van der Waals surface area (Å²) in [5, 5.41) is 0. The van der Waals surface area contributed by atoms with Gasteiger partial charge in [-0.05, 0) is 34.1 Å². The van der Waals surface area contributed by atoms with Crippen molar-refractivity contribution in [1.82, 2.24) is 0 Å². The van der Waals surface area contributed by atoms with Crippen LogP contribution in [0.2, 0.25) is 0 Å². The molecule has 2 N–H and O–H groups in total. The van der Waals surface area contributed by atoms with Crippen LogP contribution in [0.5, 0.6) is 0 Å². The van der Waals surface area contributed by atoms with Gasteiger partial charge in [0.05, 0.1) is 0 Å². The molecule has 0 saturated heterocycles. The van der Waals surface area contributed by atoms with Crippen LogP contribution in [0.15, 0.2) is 0 Å². The minimum Gasteiger partial charge on any atom is -0.384 e. The Morgan fingerprint density at radius 1 is 1.33 bits per heavy atom. The van der Waals surface area contributed by atoms with Gasteiger partial charge < -0.3 is 10.5 Å². The van der Waals surface area contributed by atoms with Crippen LogP contribution in [0, 0.1) is 0 Å². The Kier molecular flexibility index (Phi) is 4.75. The molecule has 0 rings (SSSR count). The third-order valence-corrected chi connectivity index (χ3v) is 2.42. The Bertz CT molecular complexity index is 134. The minimum absolute atomic E-state index is 0.128. The lowest BCUT2D eigenvalue weighted by Gasteiger charge is -2.26. The summed E-state index contributed by atoms with van der Waals surface area (Å²) in [4.78, 5) is 0. The second-order valence-corrected chi connectivity index (χ2v) is 4.69. The van der Waals surface area contributed by atoms with Crippen molar-refractivity contribution in [2.75, 3.05) is 6.61 Å². The molecule has 0 aliphatic heterocycles. The second-order valence-electron chi connectivity index (χ2n) is 4.36. The fourth-order valence-corrected chi connectivity index (χ4v) is 0.721. The fraction of sp³-hybridized carbons (Fsp3) is 1.00. The molecule has 71 valence electrons. The summed E-state index contributed by atoms with van der Waals surface area (Å²) in [6.07, 6.45) is 0.884. The van der Waals surface area contributed by atoms with Crippen LogP contribution in [0.25, 0.3) is 0 Å². The van der Waals surface area contributed by atoms with Gasteiger partial charge in [-0.25, -0.2) is 0 Å². The molecule has 0 bridgehead atoms. The number of nitrogens with two attached hydrogens (primary N) is 1. The first-order valence-corrected chi connectivity index (χ1v) is 4.92. The van der Waals surface area contributed by atoms with Crippen LogP contribution in [0.4, 0.5) is 0 Å². The zero-order valence-corrected chi connectivity index (χ0v) is 9.71. The molecule has 12 heavy (non-hydrogen) atoms. The predicted molar refractivity (Wildman–Crippen MR) is 58.4 cm³/mol. The van der Waals surface area contributed by atoms with Crippen molar-refractivity contribution in [3.8, 4) is 0 Å². The fourth-order valence-electron chi connectivity index (χ4n) is 0.625. The largest absolute Gasteiger partial charge is 0.384 e. The van der Waals surface area contributed by atoms with Crippen LogP contribution in [0.1, 0.15) is 34.1 Å². The number of hydrogen-bond donors (Lipinski definition) is 1. The molecule has 1 unspecified atom stereocenters. The van der Waals surface area contributed by atoms with Gasteiger partial charge in [0.25, 0.3) is 0 Å². The quantitative estimate of drug-likeness (QED) is 0.522. The highest BCUT2D eigenvalue weighted by atomic mass is 31.0. The van der Waals surface area contributed by atoms with Crippen molar-refractivity contribution in [3.63, 3.8) is 0 Å². The zero-order valence-electron chi connectivity index (χ0n) is 8.55. The predicted octanol–water partition coefficient (Wildman–Crippen LogP) is 1.36. The van der Waals surface area contributed by atoms with Gasteiger partial charge in [0.2, 0.25) is 0 Å². The summed E-state index contributed by atoms with van der Waals surface area (Å²) in [6, 6.07) is 0. The smallest absolute Gasteiger partial charge is 0.180 e. The Labute approximate surface area is 79.0 Å². The van der Waals surface area contributed by atoms with E-state index in [2.05, 4.69) is 9.12 Å². The average Bonchev–Trinajstić information content (AvgIpc) is 1.84. The third kappa shape index (κ3) is 7.09. The monoisotopic (exact) mass is 188 g/mol. The molecule has 0 amide bonds. The maximum absolute atomic E-state index is 5.81. The van der Waals surface area contributed by atoms with Crippen molar-refractivity contribution >= 4 is 16.1 Å². The lowest BCUT2D eigenvalue weighted by Crippen LogP contribution is -2.36. The second kappa shape index (κ2) is 4.60. The minimum atomic E-state index is -0.157. The van der Waals surface area contributed by atoms with Gasteiger partial charge in [0.1, 0.15) is 0 Å². The summed E-state index contributed by atoms with van der Waals surface area (Å²) in [7, 11) is 2.57. The first-order valence-electron chi connectivity index (χ1n) is 4.26. The summed E-state index contributed by atoms with van der Waals surface area (Å²) < 4.78 is 5.60. The van der Waals surface area contributed by atoms with Crippen LogP contribution in [-0.2, 0) is 4.74 Å².